The number of phosphoric acid groups is 2. The number of ether oxygens (including phenoxy) is 2. The van der Waals surface area contributed by atoms with Crippen LogP contribution in [0.3, 0.4) is 0 Å². The minimum atomic E-state index is -5.49. The van der Waals surface area contributed by atoms with Gasteiger partial charge in [0.05, 0.1) is 24.9 Å². The largest absolute Gasteiger partial charge is 0.483 e. The highest BCUT2D eigenvalue weighted by Crippen LogP contribution is 2.61. The topological polar surface area (TPSA) is 291 Å². The molecule has 0 saturated carbocycles. The standard InChI is InChI=1S/C17H28N4O15P2/c1-6-10(18)13(25)11(19-7(2)22)16(33-6)35-38(30,31)36-37(28,29)32-5-8-12(24)14(26)15(34-8)21-4-3-9(23)20-17(21)27/h3-4,6,8,10-16,24-26H,5,18H2,1-2H3,(H,19,22)(H,28,29)(H,30,31)(H,20,23,27). The average Bonchev–Trinajstić information content (AvgIpc) is 3.06. The number of nitrogens with zero attached hydrogens (tertiary/aromatic N) is 1. The number of rotatable bonds is 9. The Morgan fingerprint density at radius 1 is 1.16 bits per heavy atom. The molecule has 1 aromatic rings. The van der Waals surface area contributed by atoms with E-state index < -0.39 is 94.5 Å². The lowest BCUT2D eigenvalue weighted by Crippen LogP contribution is -2.65. The molecule has 3 rings (SSSR count). The Morgan fingerprint density at radius 2 is 1.82 bits per heavy atom. The molecule has 0 bridgehead atoms. The molecule has 0 aromatic carbocycles. The molecule has 2 aliphatic heterocycles. The molecule has 19 nitrogen and oxygen atoms in total. The summed E-state index contributed by atoms with van der Waals surface area (Å²) in [6.45, 7) is 1.49. The zero-order valence-corrected chi connectivity index (χ0v) is 21.6. The van der Waals surface area contributed by atoms with Crippen LogP contribution in [0.1, 0.15) is 20.1 Å². The maximum atomic E-state index is 12.4. The van der Waals surface area contributed by atoms with Gasteiger partial charge in [0.2, 0.25) is 5.91 Å². The predicted octanol–water partition coefficient (Wildman–Crippen LogP) is -3.66. The SMILES string of the molecule is CC(=O)NC1C(OP(=O)(O)OP(=O)(O)OCC2OC(n3ccc(=O)[nH]c3=O)C(O)C2O)OC(C)C(N)C1O. The van der Waals surface area contributed by atoms with Crippen molar-refractivity contribution in [2.45, 2.75) is 69.0 Å². The minimum absolute atomic E-state index is 0.683. The van der Waals surface area contributed by atoms with Crippen molar-refractivity contribution in [3.05, 3.63) is 33.1 Å². The number of phosphoric ester groups is 2. The monoisotopic (exact) mass is 590 g/mol. The van der Waals surface area contributed by atoms with Gasteiger partial charge in [0.25, 0.3) is 5.56 Å². The first kappa shape index (κ1) is 30.7. The van der Waals surface area contributed by atoms with E-state index in [1.165, 1.54) is 6.92 Å². The van der Waals surface area contributed by atoms with Crippen LogP contribution in [-0.2, 0) is 36.8 Å². The summed E-state index contributed by atoms with van der Waals surface area (Å²) in [5.74, 6) is -0.683. The van der Waals surface area contributed by atoms with Crippen molar-refractivity contribution in [1.82, 2.24) is 14.9 Å². The molecule has 216 valence electrons. The molecule has 38 heavy (non-hydrogen) atoms. The molecule has 0 radical (unpaired) electrons. The second-order valence-corrected chi connectivity index (χ2v) is 11.5. The lowest BCUT2D eigenvalue weighted by atomic mass is 9.96. The first-order valence-corrected chi connectivity index (χ1v) is 13.9. The third kappa shape index (κ3) is 7.22. The Kier molecular flexibility index (Phi) is 9.48. The van der Waals surface area contributed by atoms with Crippen molar-refractivity contribution >= 4 is 21.6 Å². The van der Waals surface area contributed by atoms with Gasteiger partial charge in [0.1, 0.15) is 24.4 Å². The molecule has 0 aliphatic carbocycles. The lowest BCUT2D eigenvalue weighted by molar-refractivity contribution is -0.203. The summed E-state index contributed by atoms with van der Waals surface area (Å²) in [5.41, 5.74) is 4.05. The molecule has 11 unspecified atom stereocenters. The Balaban J connectivity index is 1.64. The zero-order valence-electron chi connectivity index (χ0n) is 19.8. The van der Waals surface area contributed by atoms with Crippen molar-refractivity contribution in [2.24, 2.45) is 5.73 Å². The molecule has 1 amide bonds. The molecular formula is C17H28N4O15P2. The van der Waals surface area contributed by atoms with E-state index in [0.29, 0.717) is 0 Å². The van der Waals surface area contributed by atoms with Gasteiger partial charge in [-0.1, -0.05) is 0 Å². The van der Waals surface area contributed by atoms with Crippen LogP contribution < -0.4 is 22.3 Å². The number of aromatic nitrogens is 2. The van der Waals surface area contributed by atoms with E-state index >= 15 is 0 Å². The van der Waals surface area contributed by atoms with Gasteiger partial charge in [-0.25, -0.2) is 13.9 Å². The van der Waals surface area contributed by atoms with Crippen molar-refractivity contribution in [3.8, 4) is 0 Å². The van der Waals surface area contributed by atoms with Crippen LogP contribution in [0.5, 0.6) is 0 Å². The number of carbonyl (C=O) groups is 1. The van der Waals surface area contributed by atoms with Crippen molar-refractivity contribution in [1.29, 1.82) is 0 Å². The van der Waals surface area contributed by atoms with E-state index in [4.69, 9.17) is 19.7 Å². The second-order valence-electron chi connectivity index (χ2n) is 8.49. The fourth-order valence-electron chi connectivity index (χ4n) is 3.74. The smallest absolute Gasteiger partial charge is 0.389 e. The fourth-order valence-corrected chi connectivity index (χ4v) is 5.90. The highest BCUT2D eigenvalue weighted by molar-refractivity contribution is 7.61. The maximum absolute atomic E-state index is 12.4. The van der Waals surface area contributed by atoms with Crippen LogP contribution in [-0.4, -0.2) is 96.1 Å². The van der Waals surface area contributed by atoms with Crippen molar-refractivity contribution in [2.75, 3.05) is 6.61 Å². The van der Waals surface area contributed by atoms with E-state index in [1.807, 2.05) is 4.98 Å². The summed E-state index contributed by atoms with van der Waals surface area (Å²) in [4.78, 5) is 56.5. The summed E-state index contributed by atoms with van der Waals surface area (Å²) < 4.78 is 49.7. The Morgan fingerprint density at radius 3 is 2.42 bits per heavy atom. The zero-order chi connectivity index (χ0) is 28.6. The number of aliphatic hydroxyl groups excluding tert-OH is 3. The highest BCUT2D eigenvalue weighted by Gasteiger charge is 2.49. The first-order valence-electron chi connectivity index (χ1n) is 10.9. The molecule has 11 atom stereocenters. The quantitative estimate of drug-likeness (QED) is 0.129. The van der Waals surface area contributed by atoms with Gasteiger partial charge < -0.3 is 45.6 Å². The third-order valence-electron chi connectivity index (χ3n) is 5.62. The van der Waals surface area contributed by atoms with Gasteiger partial charge in [-0.15, -0.1) is 0 Å². The van der Waals surface area contributed by atoms with Crippen LogP contribution in [0, 0.1) is 0 Å². The number of nitrogens with two attached hydrogens (primary N) is 1. The maximum Gasteiger partial charge on any atom is 0.483 e. The van der Waals surface area contributed by atoms with E-state index in [0.717, 1.165) is 23.8 Å². The van der Waals surface area contributed by atoms with Crippen LogP contribution in [0.15, 0.2) is 21.9 Å². The van der Waals surface area contributed by atoms with Crippen LogP contribution in [0.25, 0.3) is 0 Å². The lowest BCUT2D eigenvalue weighted by Gasteiger charge is -2.42. The molecular weight excluding hydrogens is 562 g/mol. The molecule has 21 heteroatoms. The highest BCUT2D eigenvalue weighted by atomic mass is 31.3. The van der Waals surface area contributed by atoms with Gasteiger partial charge in [-0.05, 0) is 6.92 Å². The summed E-state index contributed by atoms with van der Waals surface area (Å²) >= 11 is 0. The van der Waals surface area contributed by atoms with Gasteiger partial charge in [-0.3, -0.25) is 28.2 Å². The van der Waals surface area contributed by atoms with E-state index in [-0.39, 0.29) is 0 Å². The number of carbonyl (C=O) groups excluding carboxylic acids is 1. The molecule has 2 saturated heterocycles. The second kappa shape index (κ2) is 11.7. The van der Waals surface area contributed by atoms with Gasteiger partial charge in [-0.2, -0.15) is 4.31 Å². The Bertz CT molecular complexity index is 1220. The number of aliphatic hydroxyl groups is 3. The fraction of sp³-hybridized carbons (Fsp3) is 0.706. The number of hydrogen-bond donors (Lipinski definition) is 8. The number of H-pyrrole nitrogens is 1. The number of nitrogens with one attached hydrogen (secondary N) is 2. The number of hydrogen-bond acceptors (Lipinski definition) is 14. The average molecular weight is 590 g/mol. The summed E-state index contributed by atoms with van der Waals surface area (Å²) in [6, 6.07) is -1.54. The molecule has 2 aliphatic rings. The van der Waals surface area contributed by atoms with Crippen molar-refractivity contribution < 1.29 is 61.9 Å². The predicted molar refractivity (Wildman–Crippen MR) is 121 cm³/mol. The molecule has 9 N–H and O–H groups in total. The van der Waals surface area contributed by atoms with Gasteiger partial charge in [0, 0.05) is 19.2 Å². The van der Waals surface area contributed by atoms with E-state index in [1.54, 1.807) is 0 Å². The molecule has 0 spiro atoms. The minimum Gasteiger partial charge on any atom is -0.389 e. The normalized spacial score (nSPS) is 36.8. The van der Waals surface area contributed by atoms with Crippen LogP contribution in [0.4, 0.5) is 0 Å². The van der Waals surface area contributed by atoms with E-state index in [2.05, 4.69) is 14.2 Å². The van der Waals surface area contributed by atoms with Gasteiger partial charge >= 0.3 is 21.3 Å². The van der Waals surface area contributed by atoms with Crippen LogP contribution in [0.2, 0.25) is 0 Å². The first-order chi connectivity index (χ1) is 17.5. The van der Waals surface area contributed by atoms with Crippen molar-refractivity contribution in [3.63, 3.8) is 0 Å². The van der Waals surface area contributed by atoms with Gasteiger partial charge in [0.15, 0.2) is 12.5 Å². The Hall–Kier alpha value is -1.83. The third-order valence-corrected chi connectivity index (χ3v) is 8.22. The summed E-state index contributed by atoms with van der Waals surface area (Å²) in [5, 5.41) is 32.9. The Labute approximate surface area is 213 Å². The van der Waals surface area contributed by atoms with Crippen LogP contribution >= 0.6 is 15.6 Å². The van der Waals surface area contributed by atoms with E-state index in [9.17, 15) is 48.6 Å². The molecule has 1 aromatic heterocycles. The summed E-state index contributed by atoms with van der Waals surface area (Å²) in [7, 11) is -10.9. The number of aromatic amines is 1. The molecule has 2 fully saturated rings. The number of amides is 1. The summed E-state index contributed by atoms with van der Waals surface area (Å²) in [6.07, 6.45) is -9.87. The molecule has 3 heterocycles.